The summed E-state index contributed by atoms with van der Waals surface area (Å²) in [6.07, 6.45) is 0.895. The largest absolute Gasteiger partial charge is 0.481 e. The summed E-state index contributed by atoms with van der Waals surface area (Å²) in [6, 6.07) is 7.41. The van der Waals surface area contributed by atoms with Crippen molar-refractivity contribution in [1.82, 2.24) is 9.80 Å². The van der Waals surface area contributed by atoms with Crippen LogP contribution in [-0.2, 0) is 11.3 Å². The number of aliphatic carboxylic acids is 1. The highest BCUT2D eigenvalue weighted by atomic mass is 16.4. The average Bonchev–Trinajstić information content (AvgIpc) is 2.50. The summed E-state index contributed by atoms with van der Waals surface area (Å²) in [4.78, 5) is 27.5. The lowest BCUT2D eigenvalue weighted by atomic mass is 9.90. The van der Waals surface area contributed by atoms with E-state index in [1.807, 2.05) is 38.1 Å². The smallest absolute Gasteiger partial charge is 0.320 e. The van der Waals surface area contributed by atoms with Crippen molar-refractivity contribution in [2.75, 3.05) is 19.6 Å². The Balaban J connectivity index is 2.25. The first kappa shape index (κ1) is 15.4. The van der Waals surface area contributed by atoms with E-state index in [1.165, 1.54) is 0 Å². The normalized spacial score (nSPS) is 17.2. The van der Waals surface area contributed by atoms with E-state index in [2.05, 4.69) is 0 Å². The van der Waals surface area contributed by atoms with Gasteiger partial charge < -0.3 is 14.9 Å². The topological polar surface area (TPSA) is 60.9 Å². The van der Waals surface area contributed by atoms with Crippen molar-refractivity contribution in [2.45, 2.75) is 32.7 Å². The minimum atomic E-state index is -0.876. The second-order valence-corrected chi connectivity index (χ2v) is 5.33. The van der Waals surface area contributed by atoms with Crippen LogP contribution in [0, 0.1) is 0 Å². The second-order valence-electron chi connectivity index (χ2n) is 5.33. The molecule has 0 spiro atoms. The van der Waals surface area contributed by atoms with E-state index in [1.54, 1.807) is 9.80 Å². The van der Waals surface area contributed by atoms with Gasteiger partial charge >= 0.3 is 12.0 Å². The van der Waals surface area contributed by atoms with Gasteiger partial charge in [-0.15, -0.1) is 0 Å². The Morgan fingerprint density at radius 3 is 2.67 bits per heavy atom. The van der Waals surface area contributed by atoms with Crippen molar-refractivity contribution in [3.05, 3.63) is 35.4 Å². The van der Waals surface area contributed by atoms with Gasteiger partial charge in [0, 0.05) is 26.2 Å². The van der Waals surface area contributed by atoms with Crippen LogP contribution < -0.4 is 0 Å². The Bertz CT molecular complexity index is 530. The van der Waals surface area contributed by atoms with E-state index >= 15 is 0 Å². The predicted molar refractivity (Wildman–Crippen MR) is 80.2 cm³/mol. The zero-order valence-corrected chi connectivity index (χ0v) is 12.6. The molecule has 2 amide bonds. The number of benzene rings is 1. The molecule has 0 aliphatic carbocycles. The van der Waals surface area contributed by atoms with Crippen LogP contribution in [0.4, 0.5) is 4.79 Å². The lowest BCUT2D eigenvalue weighted by Gasteiger charge is -2.36. The number of carbonyl (C=O) groups excluding carboxylic acids is 1. The Morgan fingerprint density at radius 2 is 2.05 bits per heavy atom. The Labute approximate surface area is 125 Å². The molecule has 0 saturated carbocycles. The van der Waals surface area contributed by atoms with Crippen LogP contribution in [0.25, 0.3) is 0 Å². The zero-order valence-electron chi connectivity index (χ0n) is 12.6. The molecule has 1 heterocycles. The summed E-state index contributed by atoms with van der Waals surface area (Å²) in [5.41, 5.74) is 1.75. The molecule has 0 radical (unpaired) electrons. The molecule has 21 heavy (non-hydrogen) atoms. The monoisotopic (exact) mass is 290 g/mol. The van der Waals surface area contributed by atoms with E-state index in [0.717, 1.165) is 17.5 Å². The van der Waals surface area contributed by atoms with Gasteiger partial charge in [0.1, 0.15) is 0 Å². The number of carboxylic acid groups (broad SMARTS) is 1. The van der Waals surface area contributed by atoms with Gasteiger partial charge in [-0.1, -0.05) is 31.2 Å². The number of fused-ring (bicyclic) bond motifs is 1. The quantitative estimate of drug-likeness (QED) is 0.927. The third kappa shape index (κ3) is 3.17. The molecule has 2 rings (SSSR count). The summed E-state index contributed by atoms with van der Waals surface area (Å²) >= 11 is 0. The number of amides is 2. The van der Waals surface area contributed by atoms with Crippen molar-refractivity contribution >= 4 is 12.0 Å². The molecule has 0 fully saturated rings. The second kappa shape index (κ2) is 6.61. The maximum absolute atomic E-state index is 12.6. The number of hydrogen-bond acceptors (Lipinski definition) is 2. The lowest BCUT2D eigenvalue weighted by Crippen LogP contribution is -2.47. The highest BCUT2D eigenvalue weighted by molar-refractivity contribution is 5.81. The minimum absolute atomic E-state index is 0.0693. The van der Waals surface area contributed by atoms with Gasteiger partial charge in [0.05, 0.1) is 5.92 Å². The molecular formula is C16H22N2O3. The minimum Gasteiger partial charge on any atom is -0.481 e. The summed E-state index contributed by atoms with van der Waals surface area (Å²) in [7, 11) is 0. The number of carbonyl (C=O) groups is 2. The van der Waals surface area contributed by atoms with Gasteiger partial charge in [0.2, 0.25) is 0 Å². The Morgan fingerprint density at radius 1 is 1.33 bits per heavy atom. The van der Waals surface area contributed by atoms with E-state index in [-0.39, 0.29) is 12.6 Å². The molecule has 1 aromatic rings. The fourth-order valence-electron chi connectivity index (χ4n) is 2.82. The van der Waals surface area contributed by atoms with Gasteiger partial charge in [0.15, 0.2) is 0 Å². The van der Waals surface area contributed by atoms with Crippen LogP contribution in [0.2, 0.25) is 0 Å². The highest BCUT2D eigenvalue weighted by Crippen LogP contribution is 2.29. The van der Waals surface area contributed by atoms with Crippen LogP contribution in [0.5, 0.6) is 0 Å². The zero-order chi connectivity index (χ0) is 15.4. The number of rotatable bonds is 4. The average molecular weight is 290 g/mol. The molecule has 114 valence electrons. The van der Waals surface area contributed by atoms with Crippen LogP contribution >= 0.6 is 0 Å². The summed E-state index contributed by atoms with van der Waals surface area (Å²) in [5, 5.41) is 9.43. The maximum atomic E-state index is 12.6. The first-order chi connectivity index (χ1) is 10.1. The van der Waals surface area contributed by atoms with Gasteiger partial charge in [-0.05, 0) is 24.5 Å². The van der Waals surface area contributed by atoms with Crippen LogP contribution in [0.15, 0.2) is 24.3 Å². The van der Waals surface area contributed by atoms with Crippen LogP contribution in [0.1, 0.15) is 37.3 Å². The van der Waals surface area contributed by atoms with Crippen molar-refractivity contribution in [3.63, 3.8) is 0 Å². The summed E-state index contributed by atoms with van der Waals surface area (Å²) < 4.78 is 0. The molecule has 1 unspecified atom stereocenters. The Kier molecular flexibility index (Phi) is 4.83. The van der Waals surface area contributed by atoms with E-state index in [9.17, 15) is 14.7 Å². The fourth-order valence-corrected chi connectivity index (χ4v) is 2.82. The molecule has 1 aliphatic heterocycles. The molecule has 1 atom stereocenters. The fraction of sp³-hybridized carbons (Fsp3) is 0.500. The molecule has 1 N–H and O–H groups in total. The first-order valence-corrected chi connectivity index (χ1v) is 7.42. The molecule has 5 nitrogen and oxygen atoms in total. The van der Waals surface area contributed by atoms with Crippen molar-refractivity contribution in [2.24, 2.45) is 0 Å². The lowest BCUT2D eigenvalue weighted by molar-refractivity contribution is -0.139. The van der Waals surface area contributed by atoms with Gasteiger partial charge in [0.25, 0.3) is 0 Å². The predicted octanol–water partition coefficient (Wildman–Crippen LogP) is 2.52. The Hall–Kier alpha value is -2.04. The maximum Gasteiger partial charge on any atom is 0.320 e. The third-order valence-corrected chi connectivity index (χ3v) is 3.91. The van der Waals surface area contributed by atoms with Crippen molar-refractivity contribution in [3.8, 4) is 0 Å². The molecule has 5 heteroatoms. The first-order valence-electron chi connectivity index (χ1n) is 7.42. The molecule has 0 saturated heterocycles. The van der Waals surface area contributed by atoms with E-state index < -0.39 is 11.9 Å². The van der Waals surface area contributed by atoms with Gasteiger partial charge in [-0.3, -0.25) is 4.79 Å². The van der Waals surface area contributed by atoms with Crippen LogP contribution in [0.3, 0.4) is 0 Å². The molecule has 0 bridgehead atoms. The van der Waals surface area contributed by atoms with Crippen LogP contribution in [-0.4, -0.2) is 46.5 Å². The molecule has 1 aliphatic rings. The number of hydrogen-bond donors (Lipinski definition) is 1. The number of nitrogens with zero attached hydrogens (tertiary/aromatic N) is 2. The molecule has 1 aromatic carbocycles. The summed E-state index contributed by atoms with van der Waals surface area (Å²) in [6.45, 7) is 6.04. The van der Waals surface area contributed by atoms with E-state index in [4.69, 9.17) is 0 Å². The van der Waals surface area contributed by atoms with Gasteiger partial charge in [-0.2, -0.15) is 0 Å². The van der Waals surface area contributed by atoms with E-state index in [0.29, 0.717) is 19.6 Å². The standard InChI is InChI=1S/C16H22N2O3/c1-3-9-17(4-2)16(21)18-10-12-7-5-6-8-13(12)14(11-18)15(19)20/h5-8,14H,3-4,9-11H2,1-2H3,(H,19,20). The highest BCUT2D eigenvalue weighted by Gasteiger charge is 2.33. The molecule has 0 aromatic heterocycles. The third-order valence-electron chi connectivity index (χ3n) is 3.91. The number of carboxylic acids is 1. The SMILES string of the molecule is CCCN(CC)C(=O)N1Cc2ccccc2C(C(=O)O)C1. The van der Waals surface area contributed by atoms with Gasteiger partial charge in [-0.25, -0.2) is 4.79 Å². The summed E-state index contributed by atoms with van der Waals surface area (Å²) in [5.74, 6) is -1.52. The molecular weight excluding hydrogens is 268 g/mol. The number of urea groups is 1. The van der Waals surface area contributed by atoms with Crippen molar-refractivity contribution in [1.29, 1.82) is 0 Å². The van der Waals surface area contributed by atoms with Crippen molar-refractivity contribution < 1.29 is 14.7 Å².